The summed E-state index contributed by atoms with van der Waals surface area (Å²) in [5, 5.41) is 23.8. The van der Waals surface area contributed by atoms with Crippen LogP contribution in [0.1, 0.15) is 271 Å². The second-order valence-corrected chi connectivity index (χ2v) is 18.6. The molecule has 6 heteroatoms. The SMILES string of the molecule is CC/C=C\C/C=C\C/C=C\C/C=C\C/C=C\CCCC(CC(=O)NC(CO)C(O)CCCCCCCCCCCCCCCCC)OC(=O)CCCCCCCCCCCCCCC. The van der Waals surface area contributed by atoms with E-state index < -0.39 is 18.2 Å². The molecule has 64 heavy (non-hydrogen) atoms. The van der Waals surface area contributed by atoms with E-state index in [4.69, 9.17) is 4.74 Å². The van der Waals surface area contributed by atoms with E-state index in [0.717, 1.165) is 83.5 Å². The van der Waals surface area contributed by atoms with Crippen molar-refractivity contribution in [3.63, 3.8) is 0 Å². The van der Waals surface area contributed by atoms with E-state index in [1.165, 1.54) is 141 Å². The number of ether oxygens (including phenoxy) is 1. The topological polar surface area (TPSA) is 95.9 Å². The quantitative estimate of drug-likeness (QED) is 0.0321. The van der Waals surface area contributed by atoms with Gasteiger partial charge < -0.3 is 20.3 Å². The summed E-state index contributed by atoms with van der Waals surface area (Å²) in [5.74, 6) is -0.522. The van der Waals surface area contributed by atoms with E-state index >= 15 is 0 Å². The second-order valence-electron chi connectivity index (χ2n) is 18.6. The van der Waals surface area contributed by atoms with E-state index in [0.29, 0.717) is 19.3 Å². The molecule has 0 aliphatic carbocycles. The van der Waals surface area contributed by atoms with E-state index in [1.807, 2.05) is 0 Å². The first-order valence-electron chi connectivity index (χ1n) is 27.5. The Kier molecular flexibility index (Phi) is 49.6. The zero-order valence-electron chi connectivity index (χ0n) is 42.4. The molecule has 0 heterocycles. The number of aliphatic hydroxyl groups excluding tert-OH is 2. The van der Waals surface area contributed by atoms with Crippen LogP contribution in [0.5, 0.6) is 0 Å². The number of esters is 1. The minimum Gasteiger partial charge on any atom is -0.462 e. The number of nitrogens with one attached hydrogen (secondary N) is 1. The third kappa shape index (κ3) is 46.1. The maximum Gasteiger partial charge on any atom is 0.306 e. The highest BCUT2D eigenvalue weighted by molar-refractivity contribution is 5.77. The Morgan fingerprint density at radius 2 is 0.844 bits per heavy atom. The van der Waals surface area contributed by atoms with Crippen LogP contribution in [0.2, 0.25) is 0 Å². The fourth-order valence-electron chi connectivity index (χ4n) is 8.23. The van der Waals surface area contributed by atoms with Crippen LogP contribution in [0.25, 0.3) is 0 Å². The molecule has 0 fully saturated rings. The van der Waals surface area contributed by atoms with Crippen molar-refractivity contribution in [2.45, 2.75) is 289 Å². The van der Waals surface area contributed by atoms with Gasteiger partial charge in [0.1, 0.15) is 6.10 Å². The van der Waals surface area contributed by atoms with Gasteiger partial charge in [-0.2, -0.15) is 0 Å². The van der Waals surface area contributed by atoms with Gasteiger partial charge in [-0.05, 0) is 64.2 Å². The molecule has 0 spiro atoms. The maximum atomic E-state index is 13.2. The molecule has 372 valence electrons. The van der Waals surface area contributed by atoms with Gasteiger partial charge in [0, 0.05) is 6.42 Å². The first-order valence-corrected chi connectivity index (χ1v) is 27.5. The number of hydrogen-bond donors (Lipinski definition) is 3. The van der Waals surface area contributed by atoms with Crippen LogP contribution < -0.4 is 5.32 Å². The molecule has 0 aliphatic rings. The number of aliphatic hydroxyl groups is 2. The molecule has 0 aromatic carbocycles. The minimum atomic E-state index is -0.803. The Bertz CT molecular complexity index is 1140. The Morgan fingerprint density at radius 3 is 1.25 bits per heavy atom. The highest BCUT2D eigenvalue weighted by Gasteiger charge is 2.24. The highest BCUT2D eigenvalue weighted by Crippen LogP contribution is 2.18. The molecule has 3 N–H and O–H groups in total. The summed E-state index contributed by atoms with van der Waals surface area (Å²) in [4.78, 5) is 26.2. The predicted molar refractivity (Wildman–Crippen MR) is 278 cm³/mol. The van der Waals surface area contributed by atoms with Crippen molar-refractivity contribution in [3.8, 4) is 0 Å². The lowest BCUT2D eigenvalue weighted by Crippen LogP contribution is -2.46. The van der Waals surface area contributed by atoms with Gasteiger partial charge >= 0.3 is 5.97 Å². The zero-order chi connectivity index (χ0) is 46.7. The van der Waals surface area contributed by atoms with Crippen LogP contribution >= 0.6 is 0 Å². The van der Waals surface area contributed by atoms with Crippen molar-refractivity contribution in [2.75, 3.05) is 6.61 Å². The zero-order valence-corrected chi connectivity index (χ0v) is 42.4. The molecule has 0 saturated heterocycles. The monoisotopic (exact) mass is 896 g/mol. The summed E-state index contributed by atoms with van der Waals surface area (Å²) in [6, 6.07) is -0.720. The largest absolute Gasteiger partial charge is 0.462 e. The smallest absolute Gasteiger partial charge is 0.306 e. The van der Waals surface area contributed by atoms with E-state index in [1.54, 1.807) is 0 Å². The van der Waals surface area contributed by atoms with Gasteiger partial charge in [-0.3, -0.25) is 9.59 Å². The van der Waals surface area contributed by atoms with Crippen molar-refractivity contribution < 1.29 is 24.5 Å². The van der Waals surface area contributed by atoms with Gasteiger partial charge in [0.15, 0.2) is 0 Å². The lowest BCUT2D eigenvalue weighted by atomic mass is 10.0. The average Bonchev–Trinajstić information content (AvgIpc) is 3.29. The lowest BCUT2D eigenvalue weighted by molar-refractivity contribution is -0.151. The molecular formula is C58H105NO5. The van der Waals surface area contributed by atoms with Crippen LogP contribution in [0.4, 0.5) is 0 Å². The third-order valence-corrected chi connectivity index (χ3v) is 12.4. The molecule has 0 aromatic heterocycles. The molecule has 3 atom stereocenters. The number of unbranched alkanes of at least 4 members (excludes halogenated alkanes) is 27. The summed E-state index contributed by atoms with van der Waals surface area (Å²) >= 11 is 0. The summed E-state index contributed by atoms with van der Waals surface area (Å²) in [7, 11) is 0. The number of rotatable bonds is 49. The maximum absolute atomic E-state index is 13.2. The Labute approximate surface area is 397 Å². The second kappa shape index (κ2) is 51.5. The van der Waals surface area contributed by atoms with Gasteiger partial charge in [-0.25, -0.2) is 0 Å². The highest BCUT2D eigenvalue weighted by atomic mass is 16.5. The molecule has 0 bridgehead atoms. The number of hydrogen-bond acceptors (Lipinski definition) is 5. The average molecular weight is 896 g/mol. The first kappa shape index (κ1) is 61.6. The van der Waals surface area contributed by atoms with Gasteiger partial charge in [0.2, 0.25) is 5.91 Å². The van der Waals surface area contributed by atoms with Crippen molar-refractivity contribution in [2.24, 2.45) is 0 Å². The van der Waals surface area contributed by atoms with Crippen LogP contribution in [0.3, 0.4) is 0 Å². The Morgan fingerprint density at radius 1 is 0.469 bits per heavy atom. The summed E-state index contributed by atoms with van der Waals surface area (Å²) in [5.41, 5.74) is 0. The molecule has 6 nitrogen and oxygen atoms in total. The molecule has 0 aromatic rings. The van der Waals surface area contributed by atoms with Crippen LogP contribution in [0.15, 0.2) is 60.8 Å². The summed E-state index contributed by atoms with van der Waals surface area (Å²) in [6.45, 7) is 6.37. The van der Waals surface area contributed by atoms with E-state index in [2.05, 4.69) is 86.8 Å². The van der Waals surface area contributed by atoms with Crippen LogP contribution in [-0.4, -0.2) is 46.9 Å². The molecule has 0 radical (unpaired) electrons. The van der Waals surface area contributed by atoms with Crippen molar-refractivity contribution in [1.82, 2.24) is 5.32 Å². The third-order valence-electron chi connectivity index (χ3n) is 12.4. The Balaban J connectivity index is 4.65. The number of carbonyl (C=O) groups is 2. The van der Waals surface area contributed by atoms with Crippen LogP contribution in [-0.2, 0) is 14.3 Å². The summed E-state index contributed by atoms with van der Waals surface area (Å²) < 4.78 is 5.92. The van der Waals surface area contributed by atoms with E-state index in [9.17, 15) is 19.8 Å². The number of carbonyl (C=O) groups excluding carboxylic acids is 2. The normalized spacial score (nSPS) is 13.6. The van der Waals surface area contributed by atoms with E-state index in [-0.39, 0.29) is 24.9 Å². The van der Waals surface area contributed by atoms with Gasteiger partial charge in [0.25, 0.3) is 0 Å². The summed E-state index contributed by atoms with van der Waals surface area (Å²) in [6.07, 6.45) is 64.3. The van der Waals surface area contributed by atoms with Crippen LogP contribution in [0, 0.1) is 0 Å². The molecule has 3 unspecified atom stereocenters. The van der Waals surface area contributed by atoms with Crippen molar-refractivity contribution in [3.05, 3.63) is 60.8 Å². The standard InChI is InChI=1S/C58H105NO5/c1-4-7-10-13-16-19-22-25-27-28-30-32-34-37-40-43-46-49-54(64-58(63)51-48-45-42-39-36-31-24-21-18-15-12-9-6-3)52-57(62)59-55(53-60)56(61)50-47-44-41-38-35-33-29-26-23-20-17-14-11-8-5-2/h7,10,16,19,25,27,30,32,37,40,54-56,60-61H,4-6,8-9,11-15,17-18,20-24,26,28-29,31,33-36,38-39,41-53H2,1-3H3,(H,59,62)/b10-7-,19-16-,27-25-,32-30-,40-37-. The fourth-order valence-corrected chi connectivity index (χ4v) is 8.23. The van der Waals surface area contributed by atoms with Crippen molar-refractivity contribution >= 4 is 11.9 Å². The molecule has 0 rings (SSSR count). The van der Waals surface area contributed by atoms with Gasteiger partial charge in [-0.1, -0.05) is 255 Å². The number of amides is 1. The molecule has 1 amide bonds. The molecule has 0 saturated carbocycles. The predicted octanol–water partition coefficient (Wildman–Crippen LogP) is 16.8. The molecular weight excluding hydrogens is 791 g/mol. The minimum absolute atomic E-state index is 0.0399. The fraction of sp³-hybridized carbons (Fsp3) is 0.793. The lowest BCUT2D eigenvalue weighted by Gasteiger charge is -2.24. The molecule has 0 aliphatic heterocycles. The van der Waals surface area contributed by atoms with Gasteiger partial charge in [0.05, 0.1) is 25.2 Å². The number of allylic oxidation sites excluding steroid dienone is 10. The first-order chi connectivity index (χ1) is 31.5. The van der Waals surface area contributed by atoms with Gasteiger partial charge in [-0.15, -0.1) is 0 Å². The Hall–Kier alpha value is -2.44. The van der Waals surface area contributed by atoms with Crippen molar-refractivity contribution in [1.29, 1.82) is 0 Å².